The molecule has 1 aliphatic heterocycles. The first-order valence-corrected chi connectivity index (χ1v) is 14.4. The smallest absolute Gasteiger partial charge is 0.269 e. The van der Waals surface area contributed by atoms with Crippen molar-refractivity contribution in [3.8, 4) is 11.1 Å². The minimum atomic E-state index is -4.01. The van der Waals surface area contributed by atoms with Crippen LogP contribution in [-0.4, -0.2) is 51.6 Å². The molecule has 8 nitrogen and oxygen atoms in total. The van der Waals surface area contributed by atoms with E-state index in [2.05, 4.69) is 0 Å². The summed E-state index contributed by atoms with van der Waals surface area (Å²) in [5.74, 6) is -2.84. The molecule has 34 heavy (non-hydrogen) atoms. The summed E-state index contributed by atoms with van der Waals surface area (Å²) < 4.78 is 65.1. The Hall–Kier alpha value is -2.05. The Bertz CT molecular complexity index is 1290. The van der Waals surface area contributed by atoms with E-state index >= 15 is 0 Å². The molecular formula is C22H27ClFN3O5S2. The Morgan fingerprint density at radius 1 is 1.18 bits per heavy atom. The average Bonchev–Trinajstić information content (AvgIpc) is 2.79. The Kier molecular flexibility index (Phi) is 8.35. The zero-order valence-corrected chi connectivity index (χ0v) is 21.2. The van der Waals surface area contributed by atoms with Crippen LogP contribution in [0.4, 0.5) is 4.39 Å². The molecule has 1 amide bonds. The van der Waals surface area contributed by atoms with Crippen LogP contribution in [0.5, 0.6) is 0 Å². The minimum absolute atomic E-state index is 0.0590. The van der Waals surface area contributed by atoms with Crippen molar-refractivity contribution in [2.75, 3.05) is 24.6 Å². The highest BCUT2D eigenvalue weighted by molar-refractivity contribution is 7.89. The predicted octanol–water partition coefficient (Wildman–Crippen LogP) is 3.08. The van der Waals surface area contributed by atoms with Gasteiger partial charge in [0.15, 0.2) is 5.82 Å². The van der Waals surface area contributed by atoms with Crippen LogP contribution < -0.4 is 10.3 Å². The molecule has 0 aliphatic carbocycles. The molecule has 2 N–H and O–H groups in total. The lowest BCUT2D eigenvalue weighted by Crippen LogP contribution is -2.47. The first kappa shape index (κ1) is 26.6. The first-order valence-electron chi connectivity index (χ1n) is 10.8. The molecular weight excluding hydrogens is 505 g/mol. The van der Waals surface area contributed by atoms with Crippen molar-refractivity contribution in [2.24, 2.45) is 5.92 Å². The highest BCUT2D eigenvalue weighted by Gasteiger charge is 2.30. The lowest BCUT2D eigenvalue weighted by molar-refractivity contribution is 0.0941. The van der Waals surface area contributed by atoms with Crippen molar-refractivity contribution >= 4 is 37.6 Å². The number of nitrogens with one attached hydrogen (secondary N) is 2. The van der Waals surface area contributed by atoms with Crippen molar-refractivity contribution in [1.82, 2.24) is 14.6 Å². The number of aryl methyl sites for hydroxylation is 1. The van der Waals surface area contributed by atoms with Crippen LogP contribution in [0.3, 0.4) is 0 Å². The van der Waals surface area contributed by atoms with Gasteiger partial charge >= 0.3 is 0 Å². The van der Waals surface area contributed by atoms with Gasteiger partial charge in [-0.3, -0.25) is 10.2 Å². The second kappa shape index (κ2) is 10.7. The fourth-order valence-corrected chi connectivity index (χ4v) is 6.54. The standard InChI is InChI=1S/C22H27ClFN3O5S2/c1-3-34(31,32)27-9-5-7-16(13-27)14-33(29,30)26-25-22(28)19-11-18(12-20(23)21(19)24)17-8-4-6-15(2)10-17/h4,6,8,10-12,16,26H,3,5,7,9,13-14H2,1-2H3,(H,25,28). The lowest BCUT2D eigenvalue weighted by atomic mass is 10.0. The maximum atomic E-state index is 14.6. The molecule has 1 unspecified atom stereocenters. The molecule has 0 saturated carbocycles. The van der Waals surface area contributed by atoms with Gasteiger partial charge in [-0.05, 0) is 55.9 Å². The van der Waals surface area contributed by atoms with E-state index in [1.165, 1.54) is 23.4 Å². The molecule has 0 bridgehead atoms. The number of sulfonamides is 2. The van der Waals surface area contributed by atoms with Crippen LogP contribution in [0.25, 0.3) is 11.1 Å². The summed E-state index contributed by atoms with van der Waals surface area (Å²) in [7, 11) is -7.43. The van der Waals surface area contributed by atoms with Gasteiger partial charge in [0, 0.05) is 13.1 Å². The number of nitrogens with zero attached hydrogens (tertiary/aromatic N) is 1. The topological polar surface area (TPSA) is 113 Å². The number of halogens is 2. The number of carbonyl (C=O) groups is 1. The molecule has 0 radical (unpaired) electrons. The number of hydrogen-bond donors (Lipinski definition) is 2. The van der Waals surface area contributed by atoms with Gasteiger partial charge in [-0.2, -0.15) is 0 Å². The third-order valence-corrected chi connectivity index (χ3v) is 9.09. The molecule has 12 heteroatoms. The SMILES string of the molecule is CCS(=O)(=O)N1CCCC(CS(=O)(=O)NNC(=O)c2cc(-c3cccc(C)c3)cc(Cl)c2F)C1. The summed E-state index contributed by atoms with van der Waals surface area (Å²) in [6.45, 7) is 3.87. The maximum absolute atomic E-state index is 14.6. The molecule has 3 rings (SSSR count). The molecule has 0 aromatic heterocycles. The van der Waals surface area contributed by atoms with Gasteiger partial charge in [0.2, 0.25) is 20.0 Å². The Balaban J connectivity index is 1.70. The van der Waals surface area contributed by atoms with E-state index in [0.717, 1.165) is 11.1 Å². The van der Waals surface area contributed by atoms with Crippen LogP contribution in [0.1, 0.15) is 35.7 Å². The number of benzene rings is 2. The number of hydrazine groups is 1. The Morgan fingerprint density at radius 2 is 1.91 bits per heavy atom. The summed E-state index contributed by atoms with van der Waals surface area (Å²) in [4.78, 5) is 14.6. The van der Waals surface area contributed by atoms with Gasteiger partial charge in [0.25, 0.3) is 5.91 Å². The second-order valence-electron chi connectivity index (χ2n) is 8.29. The summed E-state index contributed by atoms with van der Waals surface area (Å²) in [6, 6.07) is 10.0. The van der Waals surface area contributed by atoms with Crippen molar-refractivity contribution < 1.29 is 26.0 Å². The molecule has 1 saturated heterocycles. The van der Waals surface area contributed by atoms with Crippen molar-refractivity contribution in [2.45, 2.75) is 26.7 Å². The van der Waals surface area contributed by atoms with Crippen molar-refractivity contribution in [3.63, 3.8) is 0 Å². The molecule has 1 heterocycles. The summed E-state index contributed by atoms with van der Waals surface area (Å²) in [5.41, 5.74) is 3.81. The van der Waals surface area contributed by atoms with Crippen LogP contribution in [-0.2, 0) is 20.0 Å². The van der Waals surface area contributed by atoms with E-state index < -0.39 is 43.3 Å². The second-order valence-corrected chi connectivity index (χ2v) is 12.7. The molecule has 2 aromatic carbocycles. The zero-order chi connectivity index (χ0) is 25.1. The van der Waals surface area contributed by atoms with Crippen LogP contribution >= 0.6 is 11.6 Å². The molecule has 0 spiro atoms. The van der Waals surface area contributed by atoms with E-state index in [0.29, 0.717) is 24.9 Å². The molecule has 2 aromatic rings. The van der Waals surface area contributed by atoms with Gasteiger partial charge < -0.3 is 0 Å². The van der Waals surface area contributed by atoms with E-state index in [1.807, 2.05) is 35.4 Å². The highest BCUT2D eigenvalue weighted by atomic mass is 35.5. The molecule has 1 atom stereocenters. The van der Waals surface area contributed by atoms with Gasteiger partial charge in [0.1, 0.15) is 0 Å². The maximum Gasteiger partial charge on any atom is 0.269 e. The van der Waals surface area contributed by atoms with Gasteiger partial charge in [0.05, 0.1) is 22.1 Å². The predicted molar refractivity (Wildman–Crippen MR) is 130 cm³/mol. The number of amides is 1. The van der Waals surface area contributed by atoms with Gasteiger partial charge in [-0.15, -0.1) is 4.83 Å². The third kappa shape index (κ3) is 6.54. The number of piperidine rings is 1. The van der Waals surface area contributed by atoms with Crippen LogP contribution in [0, 0.1) is 18.7 Å². The monoisotopic (exact) mass is 531 g/mol. The fraction of sp³-hybridized carbons (Fsp3) is 0.409. The number of carbonyl (C=O) groups excluding carboxylic acids is 1. The molecule has 1 fully saturated rings. The average molecular weight is 532 g/mol. The zero-order valence-electron chi connectivity index (χ0n) is 18.8. The highest BCUT2D eigenvalue weighted by Crippen LogP contribution is 2.28. The normalized spacial score (nSPS) is 17.5. The summed E-state index contributed by atoms with van der Waals surface area (Å²) in [6.07, 6.45) is 1.08. The van der Waals surface area contributed by atoms with Crippen LogP contribution in [0.2, 0.25) is 5.02 Å². The largest absolute Gasteiger partial charge is 0.274 e. The first-order chi connectivity index (χ1) is 15.9. The van der Waals surface area contributed by atoms with Crippen molar-refractivity contribution in [1.29, 1.82) is 0 Å². The molecule has 186 valence electrons. The fourth-order valence-electron chi connectivity index (χ4n) is 3.89. The lowest BCUT2D eigenvalue weighted by Gasteiger charge is -2.31. The van der Waals surface area contributed by atoms with Crippen LogP contribution in [0.15, 0.2) is 36.4 Å². The minimum Gasteiger partial charge on any atom is -0.274 e. The Morgan fingerprint density at radius 3 is 2.59 bits per heavy atom. The Labute approximate surface area is 204 Å². The van der Waals surface area contributed by atoms with Gasteiger partial charge in [-0.1, -0.05) is 41.4 Å². The third-order valence-electron chi connectivity index (χ3n) is 5.64. The van der Waals surface area contributed by atoms with E-state index in [-0.39, 0.29) is 23.1 Å². The number of rotatable bonds is 8. The van der Waals surface area contributed by atoms with E-state index in [4.69, 9.17) is 11.6 Å². The number of hydrogen-bond acceptors (Lipinski definition) is 5. The quantitative estimate of drug-likeness (QED) is 0.508. The van der Waals surface area contributed by atoms with E-state index in [9.17, 15) is 26.0 Å². The molecule has 1 aliphatic rings. The van der Waals surface area contributed by atoms with E-state index in [1.54, 1.807) is 6.07 Å². The summed E-state index contributed by atoms with van der Waals surface area (Å²) >= 11 is 5.99. The van der Waals surface area contributed by atoms with Crippen molar-refractivity contribution in [3.05, 3.63) is 58.4 Å². The van der Waals surface area contributed by atoms with Gasteiger partial charge in [-0.25, -0.2) is 25.5 Å². The summed E-state index contributed by atoms with van der Waals surface area (Å²) in [5, 5.41) is -0.272.